The van der Waals surface area contributed by atoms with Crippen molar-refractivity contribution in [1.82, 2.24) is 15.5 Å². The Kier molecular flexibility index (Phi) is 8.96. The molecular weight excluding hydrogens is 400 g/mol. The Hall–Kier alpha value is -3.02. The minimum absolute atomic E-state index is 0.237. The minimum atomic E-state index is 0.237. The van der Waals surface area contributed by atoms with Gasteiger partial charge in [0.15, 0.2) is 5.96 Å². The molecule has 1 heterocycles. The molecule has 2 N–H and O–H groups in total. The maximum absolute atomic E-state index is 12.4. The number of nitrogens with one attached hydrogen (secondary N) is 2. The first-order valence-corrected chi connectivity index (χ1v) is 11.6. The topological polar surface area (TPSA) is 66.0 Å². The predicted octanol–water partition coefficient (Wildman–Crippen LogP) is 3.33. The summed E-state index contributed by atoms with van der Waals surface area (Å²) in [6, 6.07) is 16.5. The number of rotatable bonds is 10. The highest BCUT2D eigenvalue weighted by Gasteiger charge is 2.29. The number of likely N-dealkylation sites (tertiary alicyclic amines) is 1. The van der Waals surface area contributed by atoms with E-state index in [4.69, 9.17) is 9.73 Å². The second-order valence-corrected chi connectivity index (χ2v) is 8.36. The Morgan fingerprint density at radius 3 is 2.56 bits per heavy atom. The maximum atomic E-state index is 12.4. The molecule has 0 bridgehead atoms. The molecule has 1 aliphatic rings. The fourth-order valence-electron chi connectivity index (χ4n) is 4.01. The normalized spacial score (nSPS) is 16.3. The molecular formula is C26H36N4O2. The number of carbonyl (C=O) groups excluding carboxylic acids is 1. The van der Waals surface area contributed by atoms with Crippen molar-refractivity contribution in [3.8, 4) is 5.75 Å². The molecule has 1 unspecified atom stereocenters. The van der Waals surface area contributed by atoms with Gasteiger partial charge in [-0.15, -0.1) is 0 Å². The van der Waals surface area contributed by atoms with Gasteiger partial charge in [0.05, 0.1) is 6.54 Å². The Morgan fingerprint density at radius 2 is 1.84 bits per heavy atom. The van der Waals surface area contributed by atoms with Crippen LogP contribution in [0.4, 0.5) is 0 Å². The molecule has 1 aliphatic heterocycles. The standard InChI is InChI=1S/C26H36N4O2/c1-4-27-26(28-14-16-32-25-20(2)9-8-10-21(25)3)29-18-23-17-24(31)30(19-23)15-13-22-11-6-5-7-12-22/h5-12,23H,4,13-19H2,1-3H3,(H2,27,28,29). The van der Waals surface area contributed by atoms with Gasteiger partial charge in [0.1, 0.15) is 12.4 Å². The zero-order valence-corrected chi connectivity index (χ0v) is 19.6. The number of aliphatic imine (C=N–C) groups is 1. The number of carbonyl (C=O) groups is 1. The summed E-state index contributed by atoms with van der Waals surface area (Å²) in [6.07, 6.45) is 1.47. The first-order valence-electron chi connectivity index (χ1n) is 11.6. The van der Waals surface area contributed by atoms with Crippen molar-refractivity contribution in [3.05, 3.63) is 65.2 Å². The molecule has 2 aromatic carbocycles. The van der Waals surface area contributed by atoms with Crippen LogP contribution in [0.25, 0.3) is 0 Å². The third kappa shape index (κ3) is 7.01. The van der Waals surface area contributed by atoms with Crippen LogP contribution in [0.3, 0.4) is 0 Å². The van der Waals surface area contributed by atoms with Crippen LogP contribution in [0.5, 0.6) is 5.75 Å². The van der Waals surface area contributed by atoms with Gasteiger partial charge in [0, 0.05) is 38.5 Å². The van der Waals surface area contributed by atoms with Crippen molar-refractivity contribution < 1.29 is 9.53 Å². The lowest BCUT2D eigenvalue weighted by Gasteiger charge is -2.17. The molecule has 1 fully saturated rings. The van der Waals surface area contributed by atoms with Gasteiger partial charge < -0.3 is 20.3 Å². The van der Waals surface area contributed by atoms with Gasteiger partial charge in [0.25, 0.3) is 0 Å². The van der Waals surface area contributed by atoms with Gasteiger partial charge in [-0.05, 0) is 43.9 Å². The molecule has 1 atom stereocenters. The highest BCUT2D eigenvalue weighted by atomic mass is 16.5. The number of hydrogen-bond acceptors (Lipinski definition) is 3. The minimum Gasteiger partial charge on any atom is -0.491 e. The van der Waals surface area contributed by atoms with Crippen molar-refractivity contribution >= 4 is 11.9 Å². The summed E-state index contributed by atoms with van der Waals surface area (Å²) in [4.78, 5) is 19.1. The zero-order valence-electron chi connectivity index (χ0n) is 19.6. The Balaban J connectivity index is 1.43. The van der Waals surface area contributed by atoms with Crippen LogP contribution in [0.1, 0.15) is 30.0 Å². The summed E-state index contributed by atoms with van der Waals surface area (Å²) in [7, 11) is 0. The van der Waals surface area contributed by atoms with E-state index in [0.29, 0.717) is 26.1 Å². The van der Waals surface area contributed by atoms with Crippen molar-refractivity contribution in [1.29, 1.82) is 0 Å². The summed E-state index contributed by atoms with van der Waals surface area (Å²) >= 11 is 0. The lowest BCUT2D eigenvalue weighted by atomic mass is 10.1. The molecule has 32 heavy (non-hydrogen) atoms. The third-order valence-electron chi connectivity index (χ3n) is 5.71. The lowest BCUT2D eigenvalue weighted by molar-refractivity contribution is -0.127. The SMILES string of the molecule is CCNC(=NCC1CC(=O)N(CCc2ccccc2)C1)NCCOc1c(C)cccc1C. The van der Waals surface area contributed by atoms with E-state index in [-0.39, 0.29) is 11.8 Å². The average molecular weight is 437 g/mol. The molecule has 3 rings (SSSR count). The fourth-order valence-corrected chi connectivity index (χ4v) is 4.01. The summed E-state index contributed by atoms with van der Waals surface area (Å²) in [5, 5.41) is 6.62. The monoisotopic (exact) mass is 436 g/mol. The summed E-state index contributed by atoms with van der Waals surface area (Å²) in [6.45, 7) is 10.4. The van der Waals surface area contributed by atoms with Crippen molar-refractivity contribution in [2.75, 3.05) is 39.3 Å². The van der Waals surface area contributed by atoms with E-state index in [9.17, 15) is 4.79 Å². The van der Waals surface area contributed by atoms with Crippen LogP contribution in [0.15, 0.2) is 53.5 Å². The molecule has 2 aromatic rings. The molecule has 1 saturated heterocycles. The number of nitrogens with zero attached hydrogens (tertiary/aromatic N) is 2. The molecule has 172 valence electrons. The summed E-state index contributed by atoms with van der Waals surface area (Å²) in [5.41, 5.74) is 3.56. The van der Waals surface area contributed by atoms with Crippen LogP contribution in [0, 0.1) is 19.8 Å². The van der Waals surface area contributed by atoms with E-state index in [1.54, 1.807) is 0 Å². The average Bonchev–Trinajstić information content (AvgIpc) is 3.15. The quantitative estimate of drug-likeness (QED) is 0.341. The molecule has 1 amide bonds. The molecule has 0 aliphatic carbocycles. The predicted molar refractivity (Wildman–Crippen MR) is 130 cm³/mol. The van der Waals surface area contributed by atoms with E-state index in [0.717, 1.165) is 48.9 Å². The summed E-state index contributed by atoms with van der Waals surface area (Å²) < 4.78 is 5.97. The van der Waals surface area contributed by atoms with Gasteiger partial charge in [-0.1, -0.05) is 48.5 Å². The van der Waals surface area contributed by atoms with E-state index in [1.807, 2.05) is 29.2 Å². The van der Waals surface area contributed by atoms with Crippen molar-refractivity contribution in [2.24, 2.45) is 10.9 Å². The number of amides is 1. The number of benzene rings is 2. The molecule has 0 aromatic heterocycles. The number of aryl methyl sites for hydroxylation is 2. The molecule has 6 heteroatoms. The fraction of sp³-hybridized carbons (Fsp3) is 0.462. The number of para-hydroxylation sites is 1. The second-order valence-electron chi connectivity index (χ2n) is 8.36. The van der Waals surface area contributed by atoms with Gasteiger partial charge in [-0.2, -0.15) is 0 Å². The van der Waals surface area contributed by atoms with Gasteiger partial charge in [-0.3, -0.25) is 9.79 Å². The first-order chi connectivity index (χ1) is 15.6. The van der Waals surface area contributed by atoms with Crippen molar-refractivity contribution in [3.63, 3.8) is 0 Å². The van der Waals surface area contributed by atoms with E-state index < -0.39 is 0 Å². The molecule has 6 nitrogen and oxygen atoms in total. The molecule has 0 saturated carbocycles. The molecule has 0 spiro atoms. The van der Waals surface area contributed by atoms with Gasteiger partial charge in [-0.25, -0.2) is 0 Å². The highest BCUT2D eigenvalue weighted by Crippen LogP contribution is 2.22. The number of hydrogen-bond donors (Lipinski definition) is 2. The van der Waals surface area contributed by atoms with Crippen LogP contribution in [-0.2, 0) is 11.2 Å². The largest absolute Gasteiger partial charge is 0.491 e. The Bertz CT molecular complexity index is 878. The van der Waals surface area contributed by atoms with Gasteiger partial charge >= 0.3 is 0 Å². The zero-order chi connectivity index (χ0) is 22.8. The van der Waals surface area contributed by atoms with Crippen molar-refractivity contribution in [2.45, 2.75) is 33.6 Å². The number of ether oxygens (including phenoxy) is 1. The van der Waals surface area contributed by atoms with Gasteiger partial charge in [0.2, 0.25) is 5.91 Å². The lowest BCUT2D eigenvalue weighted by Crippen LogP contribution is -2.39. The van der Waals surface area contributed by atoms with Crippen LogP contribution >= 0.6 is 0 Å². The first kappa shape index (κ1) is 23.6. The second kappa shape index (κ2) is 12.1. The van der Waals surface area contributed by atoms with E-state index in [1.165, 1.54) is 5.56 Å². The van der Waals surface area contributed by atoms with E-state index >= 15 is 0 Å². The van der Waals surface area contributed by atoms with Crippen LogP contribution in [0.2, 0.25) is 0 Å². The highest BCUT2D eigenvalue weighted by molar-refractivity contribution is 5.80. The Morgan fingerprint density at radius 1 is 1.09 bits per heavy atom. The maximum Gasteiger partial charge on any atom is 0.223 e. The third-order valence-corrected chi connectivity index (χ3v) is 5.71. The number of guanidine groups is 1. The molecule has 0 radical (unpaired) electrons. The Labute approximate surface area is 192 Å². The summed E-state index contributed by atoms with van der Waals surface area (Å²) in [5.74, 6) is 2.23. The van der Waals surface area contributed by atoms with Crippen LogP contribution < -0.4 is 15.4 Å². The van der Waals surface area contributed by atoms with E-state index in [2.05, 4.69) is 55.7 Å². The smallest absolute Gasteiger partial charge is 0.223 e. The van der Waals surface area contributed by atoms with Crippen LogP contribution in [-0.4, -0.2) is 56.1 Å².